The van der Waals surface area contributed by atoms with Crippen molar-refractivity contribution in [2.24, 2.45) is 0 Å². The molecule has 12 heavy (non-hydrogen) atoms. The first-order valence-electron chi connectivity index (χ1n) is 4.06. The maximum absolute atomic E-state index is 4.26. The quantitative estimate of drug-likeness (QED) is 0.658. The van der Waals surface area contributed by atoms with Crippen LogP contribution < -0.4 is 0 Å². The lowest BCUT2D eigenvalue weighted by Gasteiger charge is -2.13. The lowest BCUT2D eigenvalue weighted by Crippen LogP contribution is -1.95. The molecule has 64 valence electrons. The van der Waals surface area contributed by atoms with Crippen LogP contribution in [0.4, 0.5) is 0 Å². The van der Waals surface area contributed by atoms with Gasteiger partial charge in [0.2, 0.25) is 0 Å². The number of benzene rings is 1. The first-order chi connectivity index (χ1) is 5.63. The van der Waals surface area contributed by atoms with Gasteiger partial charge in [0.15, 0.2) is 0 Å². The molecule has 0 aliphatic rings. The summed E-state index contributed by atoms with van der Waals surface area (Å²) in [6.07, 6.45) is 0. The summed E-state index contributed by atoms with van der Waals surface area (Å²) in [5, 5.41) is 0. The molecule has 1 aromatic rings. The molecule has 0 aromatic heterocycles. The van der Waals surface area contributed by atoms with Gasteiger partial charge in [-0.25, -0.2) is 0 Å². The maximum Gasteiger partial charge on any atom is 0.0115 e. The van der Waals surface area contributed by atoms with Crippen molar-refractivity contribution in [3.8, 4) is 0 Å². The minimum atomic E-state index is 0.342. The SMILES string of the molecule is C=C(S)C(C)c1ccccc1C. The Hall–Kier alpha value is -0.690. The summed E-state index contributed by atoms with van der Waals surface area (Å²) in [5.74, 6) is 0.342. The van der Waals surface area contributed by atoms with Gasteiger partial charge in [-0.1, -0.05) is 37.8 Å². The molecule has 0 bridgehead atoms. The Morgan fingerprint density at radius 2 is 2.00 bits per heavy atom. The third-order valence-electron chi connectivity index (χ3n) is 2.15. The summed E-state index contributed by atoms with van der Waals surface area (Å²) in [7, 11) is 0. The second-order valence-electron chi connectivity index (χ2n) is 3.07. The third-order valence-corrected chi connectivity index (χ3v) is 2.54. The van der Waals surface area contributed by atoms with Gasteiger partial charge >= 0.3 is 0 Å². The molecule has 0 heterocycles. The zero-order valence-electron chi connectivity index (χ0n) is 7.54. The summed E-state index contributed by atoms with van der Waals surface area (Å²) in [4.78, 5) is 0.921. The predicted octanol–water partition coefficient (Wildman–Crippen LogP) is 3.54. The first-order valence-corrected chi connectivity index (χ1v) is 4.51. The standard InChI is InChI=1S/C11H14S/c1-8-6-4-5-7-11(8)9(2)10(3)12/h4-7,9,12H,3H2,1-2H3. The fraction of sp³-hybridized carbons (Fsp3) is 0.273. The third kappa shape index (κ3) is 1.92. The van der Waals surface area contributed by atoms with E-state index in [-0.39, 0.29) is 0 Å². The van der Waals surface area contributed by atoms with Gasteiger partial charge in [-0.05, 0) is 23.0 Å². The van der Waals surface area contributed by atoms with Crippen molar-refractivity contribution in [1.29, 1.82) is 0 Å². The van der Waals surface area contributed by atoms with E-state index in [9.17, 15) is 0 Å². The number of allylic oxidation sites excluding steroid dienone is 1. The van der Waals surface area contributed by atoms with Gasteiger partial charge in [-0.15, -0.1) is 12.6 Å². The van der Waals surface area contributed by atoms with Crippen LogP contribution in [0.1, 0.15) is 24.0 Å². The largest absolute Gasteiger partial charge is 0.148 e. The highest BCUT2D eigenvalue weighted by Gasteiger charge is 2.07. The fourth-order valence-corrected chi connectivity index (χ4v) is 1.39. The Kier molecular flexibility index (Phi) is 2.99. The lowest BCUT2D eigenvalue weighted by molar-refractivity contribution is 0.942. The van der Waals surface area contributed by atoms with E-state index in [1.165, 1.54) is 11.1 Å². The van der Waals surface area contributed by atoms with Gasteiger partial charge in [-0.3, -0.25) is 0 Å². The van der Waals surface area contributed by atoms with Crippen molar-refractivity contribution >= 4 is 12.6 Å². The molecule has 1 heteroatoms. The number of hydrogen-bond donors (Lipinski definition) is 1. The smallest absolute Gasteiger partial charge is 0.0115 e. The molecule has 0 amide bonds. The van der Waals surface area contributed by atoms with E-state index < -0.39 is 0 Å². The highest BCUT2D eigenvalue weighted by molar-refractivity contribution is 7.84. The Labute approximate surface area is 79.7 Å². The van der Waals surface area contributed by atoms with Crippen LogP contribution in [0.2, 0.25) is 0 Å². The Morgan fingerprint density at radius 1 is 1.42 bits per heavy atom. The summed E-state index contributed by atoms with van der Waals surface area (Å²) < 4.78 is 0. The van der Waals surface area contributed by atoms with E-state index in [1.807, 2.05) is 6.07 Å². The van der Waals surface area contributed by atoms with Crippen molar-refractivity contribution < 1.29 is 0 Å². The minimum absolute atomic E-state index is 0.342. The van der Waals surface area contributed by atoms with Crippen molar-refractivity contribution in [1.82, 2.24) is 0 Å². The average Bonchev–Trinajstić information content (AvgIpc) is 2.04. The molecule has 0 aliphatic carbocycles. The Balaban J connectivity index is 3.02. The molecule has 0 aliphatic heterocycles. The van der Waals surface area contributed by atoms with Crippen molar-refractivity contribution in [2.75, 3.05) is 0 Å². The van der Waals surface area contributed by atoms with Crippen molar-refractivity contribution in [3.05, 3.63) is 46.9 Å². The summed E-state index contributed by atoms with van der Waals surface area (Å²) >= 11 is 4.26. The molecule has 1 atom stereocenters. The van der Waals surface area contributed by atoms with E-state index in [2.05, 4.69) is 51.3 Å². The van der Waals surface area contributed by atoms with E-state index in [0.717, 1.165) is 4.91 Å². The molecule has 0 spiro atoms. The molecule has 0 fully saturated rings. The van der Waals surface area contributed by atoms with Gasteiger partial charge in [0.05, 0.1) is 0 Å². The molecule has 1 rings (SSSR count). The summed E-state index contributed by atoms with van der Waals surface area (Å²) in [6.45, 7) is 8.07. The van der Waals surface area contributed by atoms with E-state index in [1.54, 1.807) is 0 Å². The molecule has 0 radical (unpaired) electrons. The molecule has 1 aromatic carbocycles. The van der Waals surface area contributed by atoms with Crippen LogP contribution in [0.3, 0.4) is 0 Å². The zero-order valence-corrected chi connectivity index (χ0v) is 8.44. The van der Waals surface area contributed by atoms with Crippen LogP contribution in [-0.2, 0) is 0 Å². The van der Waals surface area contributed by atoms with Crippen molar-refractivity contribution in [3.63, 3.8) is 0 Å². The van der Waals surface area contributed by atoms with Gasteiger partial charge in [0, 0.05) is 5.92 Å². The minimum Gasteiger partial charge on any atom is -0.148 e. The lowest BCUT2D eigenvalue weighted by atomic mass is 9.96. The molecule has 1 unspecified atom stereocenters. The predicted molar refractivity (Wildman–Crippen MR) is 57.7 cm³/mol. The fourth-order valence-electron chi connectivity index (χ4n) is 1.25. The van der Waals surface area contributed by atoms with Gasteiger partial charge in [0.25, 0.3) is 0 Å². The first kappa shape index (κ1) is 9.40. The topological polar surface area (TPSA) is 0 Å². The molecular weight excluding hydrogens is 164 g/mol. The van der Waals surface area contributed by atoms with Gasteiger partial charge < -0.3 is 0 Å². The molecule has 0 saturated heterocycles. The molecule has 0 nitrogen and oxygen atoms in total. The second-order valence-corrected chi connectivity index (χ2v) is 3.64. The van der Waals surface area contributed by atoms with Crippen LogP contribution in [-0.4, -0.2) is 0 Å². The number of thiol groups is 1. The zero-order chi connectivity index (χ0) is 9.14. The molecule has 0 N–H and O–H groups in total. The highest BCUT2D eigenvalue weighted by Crippen LogP contribution is 2.26. The van der Waals surface area contributed by atoms with Gasteiger partial charge in [-0.2, -0.15) is 0 Å². The van der Waals surface area contributed by atoms with Crippen LogP contribution in [0.5, 0.6) is 0 Å². The number of aryl methyl sites for hydroxylation is 1. The molecule has 0 saturated carbocycles. The monoisotopic (exact) mass is 178 g/mol. The average molecular weight is 178 g/mol. The number of rotatable bonds is 2. The van der Waals surface area contributed by atoms with Crippen LogP contribution in [0.15, 0.2) is 35.7 Å². The Morgan fingerprint density at radius 3 is 2.50 bits per heavy atom. The van der Waals surface area contributed by atoms with Crippen molar-refractivity contribution in [2.45, 2.75) is 19.8 Å². The summed E-state index contributed by atoms with van der Waals surface area (Å²) in [6, 6.07) is 8.34. The normalized spacial score (nSPS) is 12.6. The van der Waals surface area contributed by atoms with Gasteiger partial charge in [0.1, 0.15) is 0 Å². The maximum atomic E-state index is 4.26. The summed E-state index contributed by atoms with van der Waals surface area (Å²) in [5.41, 5.74) is 2.62. The second kappa shape index (κ2) is 3.81. The van der Waals surface area contributed by atoms with E-state index in [4.69, 9.17) is 0 Å². The number of hydrogen-bond acceptors (Lipinski definition) is 1. The Bertz CT molecular complexity index is 289. The van der Waals surface area contributed by atoms with Crippen LogP contribution >= 0.6 is 12.6 Å². The van der Waals surface area contributed by atoms with E-state index >= 15 is 0 Å². The van der Waals surface area contributed by atoms with E-state index in [0.29, 0.717) is 5.92 Å². The van der Waals surface area contributed by atoms with Crippen LogP contribution in [0.25, 0.3) is 0 Å². The van der Waals surface area contributed by atoms with Crippen LogP contribution in [0, 0.1) is 6.92 Å². The highest BCUT2D eigenvalue weighted by atomic mass is 32.1. The molecular formula is C11H14S.